The summed E-state index contributed by atoms with van der Waals surface area (Å²) in [6.07, 6.45) is 0. The molecule has 0 aliphatic rings. The molecule has 0 saturated heterocycles. The van der Waals surface area contributed by atoms with Crippen LogP contribution in [-0.2, 0) is 6.54 Å². The molecule has 1 aromatic heterocycles. The Labute approximate surface area is 112 Å². The zero-order valence-corrected chi connectivity index (χ0v) is 11.4. The zero-order chi connectivity index (χ0) is 13.8. The molecule has 0 amide bonds. The van der Waals surface area contributed by atoms with Gasteiger partial charge in [0.25, 0.3) is 0 Å². The molecule has 0 saturated carbocycles. The number of nitriles is 1. The van der Waals surface area contributed by atoms with Gasteiger partial charge in [0.2, 0.25) is 0 Å². The number of nitrogens with zero attached hydrogens (tertiary/aromatic N) is 4. The highest BCUT2D eigenvalue weighted by molar-refractivity contribution is 5.50. The van der Waals surface area contributed by atoms with Gasteiger partial charge in [-0.25, -0.2) is 9.67 Å². The molecule has 1 aromatic carbocycles. The van der Waals surface area contributed by atoms with Crippen LogP contribution in [-0.4, -0.2) is 21.3 Å². The predicted octanol–water partition coefficient (Wildman–Crippen LogP) is 1.87. The van der Waals surface area contributed by atoms with Crippen LogP contribution in [0, 0.1) is 25.2 Å². The number of aromatic nitrogens is 3. The van der Waals surface area contributed by atoms with Crippen molar-refractivity contribution in [3.63, 3.8) is 0 Å². The van der Waals surface area contributed by atoms with Gasteiger partial charge in [-0.05, 0) is 38.1 Å². The van der Waals surface area contributed by atoms with Crippen LogP contribution < -0.4 is 5.32 Å². The molecule has 19 heavy (non-hydrogen) atoms. The van der Waals surface area contributed by atoms with Gasteiger partial charge in [0.05, 0.1) is 11.3 Å². The first-order chi connectivity index (χ1) is 9.15. The van der Waals surface area contributed by atoms with E-state index in [0.29, 0.717) is 11.4 Å². The zero-order valence-electron chi connectivity index (χ0n) is 11.4. The van der Waals surface area contributed by atoms with E-state index >= 15 is 0 Å². The van der Waals surface area contributed by atoms with Gasteiger partial charge >= 0.3 is 0 Å². The summed E-state index contributed by atoms with van der Waals surface area (Å²) in [6.45, 7) is 7.45. The molecule has 0 atom stereocenters. The minimum absolute atomic E-state index is 0.614. The third-order valence-electron chi connectivity index (χ3n) is 2.86. The Balaban J connectivity index is 2.42. The average Bonchev–Trinajstić information content (AvgIpc) is 2.75. The predicted molar refractivity (Wildman–Crippen MR) is 72.9 cm³/mol. The van der Waals surface area contributed by atoms with Crippen molar-refractivity contribution in [1.29, 1.82) is 5.26 Å². The maximum atomic E-state index is 9.30. The highest BCUT2D eigenvalue weighted by Gasteiger charge is 2.10. The van der Waals surface area contributed by atoms with E-state index in [2.05, 4.69) is 28.4 Å². The third kappa shape index (κ3) is 2.80. The van der Waals surface area contributed by atoms with Crippen molar-refractivity contribution >= 4 is 0 Å². The highest BCUT2D eigenvalue weighted by atomic mass is 15.3. The van der Waals surface area contributed by atoms with Gasteiger partial charge in [0.1, 0.15) is 17.7 Å². The van der Waals surface area contributed by atoms with Crippen molar-refractivity contribution in [2.75, 3.05) is 6.54 Å². The number of hydrogen-bond acceptors (Lipinski definition) is 4. The van der Waals surface area contributed by atoms with Crippen molar-refractivity contribution in [2.24, 2.45) is 0 Å². The summed E-state index contributed by atoms with van der Waals surface area (Å²) in [4.78, 5) is 4.26. The lowest BCUT2D eigenvalue weighted by atomic mass is 10.1. The molecule has 5 nitrogen and oxygen atoms in total. The number of benzene rings is 1. The number of hydrogen-bond donors (Lipinski definition) is 1. The van der Waals surface area contributed by atoms with Gasteiger partial charge in [-0.1, -0.05) is 13.0 Å². The molecule has 0 bridgehead atoms. The lowest BCUT2D eigenvalue weighted by molar-refractivity contribution is 0.725. The quantitative estimate of drug-likeness (QED) is 0.905. The summed E-state index contributed by atoms with van der Waals surface area (Å²) in [5.41, 5.74) is 2.49. The van der Waals surface area contributed by atoms with Crippen LogP contribution in [0.15, 0.2) is 18.2 Å². The van der Waals surface area contributed by atoms with Crippen molar-refractivity contribution in [1.82, 2.24) is 20.1 Å². The molecule has 98 valence electrons. The first kappa shape index (κ1) is 13.2. The van der Waals surface area contributed by atoms with Crippen molar-refractivity contribution < 1.29 is 0 Å². The van der Waals surface area contributed by atoms with E-state index < -0.39 is 0 Å². The fourth-order valence-corrected chi connectivity index (χ4v) is 1.99. The fraction of sp³-hybridized carbons (Fsp3) is 0.357. The van der Waals surface area contributed by atoms with E-state index in [9.17, 15) is 5.26 Å². The molecule has 5 heteroatoms. The Hall–Kier alpha value is -2.19. The van der Waals surface area contributed by atoms with E-state index in [1.807, 2.05) is 32.0 Å². The summed E-state index contributed by atoms with van der Waals surface area (Å²) in [5.74, 6) is 1.49. The Kier molecular flexibility index (Phi) is 3.93. The SMILES string of the molecule is CCNCc1ccc(-n2nc(C)nc2C)c(C#N)c1. The van der Waals surface area contributed by atoms with Gasteiger partial charge in [-0.15, -0.1) is 0 Å². The normalized spacial score (nSPS) is 10.4. The van der Waals surface area contributed by atoms with Crippen LogP contribution in [0.2, 0.25) is 0 Å². The average molecular weight is 255 g/mol. The van der Waals surface area contributed by atoms with Crippen LogP contribution in [0.25, 0.3) is 5.69 Å². The molecule has 0 unspecified atom stereocenters. The number of nitrogens with one attached hydrogen (secondary N) is 1. The Morgan fingerprint density at radius 1 is 1.37 bits per heavy atom. The molecule has 2 aromatic rings. The van der Waals surface area contributed by atoms with E-state index in [1.165, 1.54) is 0 Å². The molecular weight excluding hydrogens is 238 g/mol. The molecule has 1 heterocycles. The molecule has 1 N–H and O–H groups in total. The maximum absolute atomic E-state index is 9.30. The van der Waals surface area contributed by atoms with E-state index in [4.69, 9.17) is 0 Å². The molecule has 0 fully saturated rings. The lowest BCUT2D eigenvalue weighted by Crippen LogP contribution is -2.12. The first-order valence-electron chi connectivity index (χ1n) is 6.30. The Morgan fingerprint density at radius 2 is 2.16 bits per heavy atom. The van der Waals surface area contributed by atoms with Crippen molar-refractivity contribution in [3.8, 4) is 11.8 Å². The van der Waals surface area contributed by atoms with Crippen LogP contribution >= 0.6 is 0 Å². The molecule has 0 aliphatic heterocycles. The molecular formula is C14H17N5. The summed E-state index contributed by atoms with van der Waals surface area (Å²) >= 11 is 0. The summed E-state index contributed by atoms with van der Waals surface area (Å²) in [5, 5.41) is 16.9. The maximum Gasteiger partial charge on any atom is 0.148 e. The highest BCUT2D eigenvalue weighted by Crippen LogP contribution is 2.17. The summed E-state index contributed by atoms with van der Waals surface area (Å²) in [6, 6.07) is 8.06. The van der Waals surface area contributed by atoms with Gasteiger partial charge in [-0.3, -0.25) is 0 Å². The molecule has 2 rings (SSSR count). The smallest absolute Gasteiger partial charge is 0.148 e. The second-order valence-electron chi connectivity index (χ2n) is 4.36. The fourth-order valence-electron chi connectivity index (χ4n) is 1.99. The largest absolute Gasteiger partial charge is 0.313 e. The van der Waals surface area contributed by atoms with Crippen LogP contribution in [0.3, 0.4) is 0 Å². The van der Waals surface area contributed by atoms with E-state index in [0.717, 1.165) is 30.2 Å². The number of aryl methyl sites for hydroxylation is 2. The molecule has 0 aliphatic carbocycles. The Bertz CT molecular complexity index is 621. The minimum Gasteiger partial charge on any atom is -0.313 e. The lowest BCUT2D eigenvalue weighted by Gasteiger charge is -2.08. The van der Waals surface area contributed by atoms with Gasteiger partial charge in [-0.2, -0.15) is 10.4 Å². The summed E-state index contributed by atoms with van der Waals surface area (Å²) < 4.78 is 1.71. The van der Waals surface area contributed by atoms with Crippen molar-refractivity contribution in [3.05, 3.63) is 41.0 Å². The third-order valence-corrected chi connectivity index (χ3v) is 2.86. The minimum atomic E-state index is 0.614. The van der Waals surface area contributed by atoms with Crippen LogP contribution in [0.1, 0.15) is 29.7 Å². The van der Waals surface area contributed by atoms with Crippen molar-refractivity contribution in [2.45, 2.75) is 27.3 Å². The van der Waals surface area contributed by atoms with Gasteiger partial charge in [0.15, 0.2) is 0 Å². The first-order valence-corrected chi connectivity index (χ1v) is 6.30. The van der Waals surface area contributed by atoms with E-state index in [1.54, 1.807) is 4.68 Å². The second kappa shape index (κ2) is 5.63. The molecule has 0 spiro atoms. The topological polar surface area (TPSA) is 66.5 Å². The van der Waals surface area contributed by atoms with Gasteiger partial charge < -0.3 is 5.32 Å². The van der Waals surface area contributed by atoms with Crippen LogP contribution in [0.5, 0.6) is 0 Å². The molecule has 0 radical (unpaired) electrons. The van der Waals surface area contributed by atoms with Crippen LogP contribution in [0.4, 0.5) is 0 Å². The second-order valence-corrected chi connectivity index (χ2v) is 4.36. The monoisotopic (exact) mass is 255 g/mol. The van der Waals surface area contributed by atoms with Gasteiger partial charge in [0, 0.05) is 6.54 Å². The van der Waals surface area contributed by atoms with E-state index in [-0.39, 0.29) is 0 Å². The Morgan fingerprint density at radius 3 is 2.74 bits per heavy atom. The standard InChI is InChI=1S/C14H17N5/c1-4-16-9-12-5-6-14(13(7-12)8-15)19-11(3)17-10(2)18-19/h5-7,16H,4,9H2,1-3H3. The summed E-state index contributed by atoms with van der Waals surface area (Å²) in [7, 11) is 0. The number of rotatable bonds is 4.